The Bertz CT molecular complexity index is 1170. The number of amides is 1. The van der Waals surface area contributed by atoms with Gasteiger partial charge in [0.1, 0.15) is 11.5 Å². The van der Waals surface area contributed by atoms with Crippen LogP contribution in [0.2, 0.25) is 0 Å². The zero-order valence-electron chi connectivity index (χ0n) is 21.2. The van der Waals surface area contributed by atoms with Crippen molar-refractivity contribution in [2.45, 2.75) is 45.3 Å². The summed E-state index contributed by atoms with van der Waals surface area (Å²) in [5, 5.41) is 11.4. The monoisotopic (exact) mass is 495 g/mol. The standard InChI is InChI=1S/C28H33NO7/c1-17(2)35-14-6-12-29-25(19-8-11-22(33-3)23(16-19)34-4)24(27(31)28(29)32)26(30)20-9-10-21-18(15-20)7-5-13-36-21/h8-11,15-17,25,30H,5-7,12-14H2,1-4H3/b26-24+. The average Bonchev–Trinajstić information content (AvgIpc) is 3.14. The van der Waals surface area contributed by atoms with E-state index in [9.17, 15) is 14.7 Å². The molecule has 0 radical (unpaired) electrons. The number of nitrogens with zero attached hydrogens (tertiary/aromatic N) is 1. The molecule has 1 atom stereocenters. The Morgan fingerprint density at radius 3 is 2.61 bits per heavy atom. The van der Waals surface area contributed by atoms with E-state index >= 15 is 0 Å². The van der Waals surface area contributed by atoms with Gasteiger partial charge < -0.3 is 29.0 Å². The summed E-state index contributed by atoms with van der Waals surface area (Å²) >= 11 is 0. The van der Waals surface area contributed by atoms with Gasteiger partial charge in [-0.15, -0.1) is 0 Å². The lowest BCUT2D eigenvalue weighted by Crippen LogP contribution is -2.31. The highest BCUT2D eigenvalue weighted by Gasteiger charge is 2.46. The molecule has 0 aliphatic carbocycles. The number of Topliss-reactive ketones (excluding diaryl/α,β-unsaturated/α-hetero) is 1. The molecule has 0 saturated carbocycles. The number of aryl methyl sites for hydroxylation is 1. The molecule has 2 heterocycles. The lowest BCUT2D eigenvalue weighted by atomic mass is 9.93. The first-order valence-electron chi connectivity index (χ1n) is 12.2. The second-order valence-corrected chi connectivity index (χ2v) is 9.15. The SMILES string of the molecule is COc1ccc(C2/C(=C(\O)c3ccc4c(c3)CCCO4)C(=O)C(=O)N2CCCOC(C)C)cc1OC. The third-order valence-electron chi connectivity index (χ3n) is 6.44. The van der Waals surface area contributed by atoms with Crippen LogP contribution >= 0.6 is 0 Å². The molecule has 1 saturated heterocycles. The third-order valence-corrected chi connectivity index (χ3v) is 6.44. The van der Waals surface area contributed by atoms with Crippen molar-refractivity contribution in [3.8, 4) is 17.2 Å². The van der Waals surface area contributed by atoms with Crippen LogP contribution in [0.1, 0.15) is 49.4 Å². The van der Waals surface area contributed by atoms with Gasteiger partial charge in [0.25, 0.3) is 11.7 Å². The van der Waals surface area contributed by atoms with E-state index in [1.165, 1.54) is 19.1 Å². The Balaban J connectivity index is 1.78. The number of aliphatic hydroxyl groups excluding tert-OH is 1. The van der Waals surface area contributed by atoms with Gasteiger partial charge in [-0.3, -0.25) is 9.59 Å². The number of likely N-dealkylation sites (tertiary alicyclic amines) is 1. The Morgan fingerprint density at radius 1 is 1.11 bits per heavy atom. The summed E-state index contributed by atoms with van der Waals surface area (Å²) in [6, 6.07) is 9.82. The fourth-order valence-electron chi connectivity index (χ4n) is 4.70. The topological polar surface area (TPSA) is 94.5 Å². The number of methoxy groups -OCH3 is 2. The summed E-state index contributed by atoms with van der Waals surface area (Å²) in [5.41, 5.74) is 2.13. The van der Waals surface area contributed by atoms with E-state index in [2.05, 4.69) is 0 Å². The molecule has 192 valence electrons. The van der Waals surface area contributed by atoms with Crippen molar-refractivity contribution in [1.82, 2.24) is 4.90 Å². The molecular formula is C28H33NO7. The summed E-state index contributed by atoms with van der Waals surface area (Å²) in [6.07, 6.45) is 2.31. The van der Waals surface area contributed by atoms with Crippen molar-refractivity contribution < 1.29 is 33.6 Å². The van der Waals surface area contributed by atoms with Crippen LogP contribution in [0.25, 0.3) is 5.76 Å². The number of rotatable bonds is 9. The Morgan fingerprint density at radius 2 is 1.89 bits per heavy atom. The molecule has 1 amide bonds. The van der Waals surface area contributed by atoms with E-state index < -0.39 is 17.7 Å². The normalized spacial score (nSPS) is 18.8. The van der Waals surface area contributed by atoms with E-state index in [1.807, 2.05) is 19.9 Å². The predicted molar refractivity (Wildman–Crippen MR) is 135 cm³/mol. The maximum absolute atomic E-state index is 13.3. The first-order valence-corrected chi connectivity index (χ1v) is 12.2. The zero-order valence-corrected chi connectivity index (χ0v) is 21.2. The first kappa shape index (κ1) is 25.6. The molecule has 8 nitrogen and oxygen atoms in total. The molecule has 4 rings (SSSR count). The first-order chi connectivity index (χ1) is 17.3. The summed E-state index contributed by atoms with van der Waals surface area (Å²) in [4.78, 5) is 28.0. The smallest absolute Gasteiger partial charge is 0.295 e. The minimum absolute atomic E-state index is 0.0497. The van der Waals surface area contributed by atoms with Crippen molar-refractivity contribution in [2.24, 2.45) is 0 Å². The minimum atomic E-state index is -0.781. The summed E-state index contributed by atoms with van der Waals surface area (Å²) in [6.45, 7) is 5.29. The quantitative estimate of drug-likeness (QED) is 0.240. The van der Waals surface area contributed by atoms with Crippen molar-refractivity contribution in [3.05, 3.63) is 58.7 Å². The summed E-state index contributed by atoms with van der Waals surface area (Å²) in [5.74, 6) is 0.198. The molecule has 8 heteroatoms. The van der Waals surface area contributed by atoms with Crippen molar-refractivity contribution in [2.75, 3.05) is 34.0 Å². The summed E-state index contributed by atoms with van der Waals surface area (Å²) < 4.78 is 22.1. The van der Waals surface area contributed by atoms with Gasteiger partial charge in [-0.1, -0.05) is 6.07 Å². The van der Waals surface area contributed by atoms with E-state index in [-0.39, 0.29) is 17.4 Å². The molecule has 1 fully saturated rings. The molecular weight excluding hydrogens is 462 g/mol. The van der Waals surface area contributed by atoms with E-state index in [0.29, 0.717) is 48.8 Å². The molecule has 0 aromatic heterocycles. The number of ketones is 1. The number of benzene rings is 2. The van der Waals surface area contributed by atoms with Crippen molar-refractivity contribution in [3.63, 3.8) is 0 Å². The molecule has 2 aromatic carbocycles. The van der Waals surface area contributed by atoms with E-state index in [0.717, 1.165) is 24.2 Å². The number of fused-ring (bicyclic) bond motifs is 1. The molecule has 36 heavy (non-hydrogen) atoms. The molecule has 0 spiro atoms. The van der Waals surface area contributed by atoms with Gasteiger partial charge in [0.2, 0.25) is 0 Å². The third kappa shape index (κ3) is 5.04. The highest BCUT2D eigenvalue weighted by molar-refractivity contribution is 6.46. The average molecular weight is 496 g/mol. The fraction of sp³-hybridized carbons (Fsp3) is 0.429. The predicted octanol–water partition coefficient (Wildman–Crippen LogP) is 4.27. The number of aliphatic hydroxyl groups is 1. The van der Waals surface area contributed by atoms with Gasteiger partial charge in [-0.05, 0) is 74.6 Å². The van der Waals surface area contributed by atoms with E-state index in [4.69, 9.17) is 18.9 Å². The van der Waals surface area contributed by atoms with Crippen LogP contribution in [-0.2, 0) is 20.7 Å². The highest BCUT2D eigenvalue weighted by Crippen LogP contribution is 2.42. The van der Waals surface area contributed by atoms with Gasteiger partial charge in [-0.25, -0.2) is 0 Å². The maximum Gasteiger partial charge on any atom is 0.295 e. The second-order valence-electron chi connectivity index (χ2n) is 9.15. The van der Waals surface area contributed by atoms with Crippen molar-refractivity contribution in [1.29, 1.82) is 0 Å². The van der Waals surface area contributed by atoms with Crippen molar-refractivity contribution >= 4 is 17.4 Å². The number of hydrogen-bond acceptors (Lipinski definition) is 7. The number of ether oxygens (including phenoxy) is 4. The lowest BCUT2D eigenvalue weighted by molar-refractivity contribution is -0.140. The zero-order chi connectivity index (χ0) is 25.8. The molecule has 0 bridgehead atoms. The van der Waals surface area contributed by atoms with Gasteiger partial charge in [0.05, 0.1) is 38.5 Å². The largest absolute Gasteiger partial charge is 0.507 e. The van der Waals surface area contributed by atoms with Crippen LogP contribution in [0, 0.1) is 0 Å². The number of carbonyl (C=O) groups is 2. The fourth-order valence-corrected chi connectivity index (χ4v) is 4.70. The van der Waals surface area contributed by atoms with Crippen LogP contribution in [0.5, 0.6) is 17.2 Å². The van der Waals surface area contributed by atoms with Crippen LogP contribution < -0.4 is 14.2 Å². The van der Waals surface area contributed by atoms with E-state index in [1.54, 1.807) is 30.3 Å². The molecule has 1 unspecified atom stereocenters. The number of hydrogen-bond donors (Lipinski definition) is 1. The summed E-state index contributed by atoms with van der Waals surface area (Å²) in [7, 11) is 3.06. The van der Waals surface area contributed by atoms with Crippen LogP contribution in [0.4, 0.5) is 0 Å². The maximum atomic E-state index is 13.3. The van der Waals surface area contributed by atoms with Crippen LogP contribution in [0.15, 0.2) is 42.0 Å². The lowest BCUT2D eigenvalue weighted by Gasteiger charge is -2.26. The van der Waals surface area contributed by atoms with Crippen LogP contribution in [0.3, 0.4) is 0 Å². The molecule has 2 aliphatic rings. The highest BCUT2D eigenvalue weighted by atomic mass is 16.5. The van der Waals surface area contributed by atoms with Gasteiger partial charge in [0.15, 0.2) is 11.5 Å². The van der Waals surface area contributed by atoms with Gasteiger partial charge in [-0.2, -0.15) is 0 Å². The van der Waals surface area contributed by atoms with Crippen LogP contribution in [-0.4, -0.2) is 61.8 Å². The Kier molecular flexibility index (Phi) is 7.84. The second kappa shape index (κ2) is 11.0. The molecule has 1 N–H and O–H groups in total. The Hall–Kier alpha value is -3.52. The van der Waals surface area contributed by atoms with Gasteiger partial charge in [0, 0.05) is 18.7 Å². The minimum Gasteiger partial charge on any atom is -0.507 e. The number of carbonyl (C=O) groups excluding carboxylic acids is 2. The Labute approximate surface area is 211 Å². The van der Waals surface area contributed by atoms with Gasteiger partial charge >= 0.3 is 0 Å². The molecule has 2 aliphatic heterocycles. The molecule has 2 aromatic rings.